The Morgan fingerprint density at radius 3 is 2.84 bits per heavy atom. The molecule has 2 unspecified atom stereocenters. The van der Waals surface area contributed by atoms with Crippen LogP contribution in [-0.2, 0) is 0 Å². The van der Waals surface area contributed by atoms with Crippen molar-refractivity contribution in [1.82, 2.24) is 25.6 Å². The van der Waals surface area contributed by atoms with Crippen LogP contribution in [0.25, 0.3) is 5.69 Å². The number of aliphatic hydroxyl groups is 1. The number of carbonyl (C=O) groups excluding carboxylic acids is 1. The summed E-state index contributed by atoms with van der Waals surface area (Å²) in [5.41, 5.74) is 2.01. The SMILES string of the molecule is CC(NC(=O)NCC(O)c1cc(Cl)c2c(c1)OCCO2)c1cn(-c2ccccc2)nn1. The van der Waals surface area contributed by atoms with Gasteiger partial charge in [0, 0.05) is 6.54 Å². The Bertz CT molecular complexity index is 1060. The molecule has 0 fully saturated rings. The lowest BCUT2D eigenvalue weighted by atomic mass is 10.1. The number of nitrogens with one attached hydrogen (secondary N) is 2. The number of fused-ring (bicyclic) bond motifs is 1. The van der Waals surface area contributed by atoms with Crippen LogP contribution in [0.15, 0.2) is 48.7 Å². The summed E-state index contributed by atoms with van der Waals surface area (Å²) in [5.74, 6) is 0.944. The highest BCUT2D eigenvalue weighted by atomic mass is 35.5. The van der Waals surface area contributed by atoms with Gasteiger partial charge in [-0.15, -0.1) is 5.10 Å². The van der Waals surface area contributed by atoms with E-state index >= 15 is 0 Å². The highest BCUT2D eigenvalue weighted by Crippen LogP contribution is 2.39. The van der Waals surface area contributed by atoms with Gasteiger partial charge in [-0.3, -0.25) is 0 Å². The molecule has 1 aliphatic rings. The summed E-state index contributed by atoms with van der Waals surface area (Å²) in [5, 5.41) is 24.4. The van der Waals surface area contributed by atoms with Crippen LogP contribution < -0.4 is 20.1 Å². The van der Waals surface area contributed by atoms with E-state index in [2.05, 4.69) is 20.9 Å². The van der Waals surface area contributed by atoms with Crippen molar-refractivity contribution < 1.29 is 19.4 Å². The molecule has 2 amide bonds. The summed E-state index contributed by atoms with van der Waals surface area (Å²) in [6, 6.07) is 12.0. The van der Waals surface area contributed by atoms with E-state index in [1.807, 2.05) is 30.3 Å². The Balaban J connectivity index is 1.32. The van der Waals surface area contributed by atoms with Crippen molar-refractivity contribution in [2.45, 2.75) is 19.1 Å². The van der Waals surface area contributed by atoms with Crippen LogP contribution in [-0.4, -0.2) is 45.9 Å². The van der Waals surface area contributed by atoms with Crippen LogP contribution >= 0.6 is 11.6 Å². The zero-order valence-electron chi connectivity index (χ0n) is 16.8. The molecule has 1 aliphatic heterocycles. The zero-order valence-corrected chi connectivity index (χ0v) is 17.5. The molecule has 0 saturated carbocycles. The molecular weight excluding hydrogens is 422 g/mol. The second-order valence-electron chi connectivity index (χ2n) is 7.04. The topological polar surface area (TPSA) is 111 Å². The number of halogens is 1. The maximum absolute atomic E-state index is 12.3. The van der Waals surface area contributed by atoms with E-state index in [9.17, 15) is 9.90 Å². The van der Waals surface area contributed by atoms with Gasteiger partial charge in [0.1, 0.15) is 18.9 Å². The van der Waals surface area contributed by atoms with Crippen molar-refractivity contribution in [1.29, 1.82) is 0 Å². The minimum atomic E-state index is -0.965. The maximum Gasteiger partial charge on any atom is 0.315 e. The average Bonchev–Trinajstić information content (AvgIpc) is 3.28. The number of hydrogen-bond donors (Lipinski definition) is 3. The van der Waals surface area contributed by atoms with Gasteiger partial charge in [0.2, 0.25) is 0 Å². The first-order valence-corrected chi connectivity index (χ1v) is 10.2. The number of aromatic nitrogens is 3. The molecule has 1 aromatic heterocycles. The molecule has 2 heterocycles. The van der Waals surface area contributed by atoms with Gasteiger partial charge in [0.25, 0.3) is 0 Å². The number of amides is 2. The molecule has 3 aromatic rings. The first kappa shape index (κ1) is 21.0. The number of hydrogen-bond acceptors (Lipinski definition) is 6. The number of carbonyl (C=O) groups is 1. The van der Waals surface area contributed by atoms with Crippen molar-refractivity contribution >= 4 is 17.6 Å². The number of urea groups is 1. The highest BCUT2D eigenvalue weighted by Gasteiger charge is 2.20. The van der Waals surface area contributed by atoms with Gasteiger partial charge >= 0.3 is 6.03 Å². The Morgan fingerprint density at radius 2 is 2.03 bits per heavy atom. The second kappa shape index (κ2) is 9.23. The second-order valence-corrected chi connectivity index (χ2v) is 7.45. The fourth-order valence-electron chi connectivity index (χ4n) is 3.13. The molecule has 9 nitrogen and oxygen atoms in total. The van der Waals surface area contributed by atoms with Crippen LogP contribution in [0.1, 0.15) is 30.3 Å². The van der Waals surface area contributed by atoms with Gasteiger partial charge in [0.15, 0.2) is 11.5 Å². The minimum absolute atomic E-state index is 0.00870. The highest BCUT2D eigenvalue weighted by molar-refractivity contribution is 6.32. The van der Waals surface area contributed by atoms with E-state index in [1.54, 1.807) is 29.9 Å². The summed E-state index contributed by atoms with van der Waals surface area (Å²) in [6.45, 7) is 2.63. The van der Waals surface area contributed by atoms with Gasteiger partial charge in [-0.05, 0) is 36.8 Å². The molecule has 10 heteroatoms. The maximum atomic E-state index is 12.3. The molecule has 4 rings (SSSR count). The fourth-order valence-corrected chi connectivity index (χ4v) is 3.41. The lowest BCUT2D eigenvalue weighted by Gasteiger charge is -2.22. The molecule has 31 heavy (non-hydrogen) atoms. The predicted octanol–water partition coefficient (Wildman–Crippen LogP) is 2.79. The third-order valence-electron chi connectivity index (χ3n) is 4.78. The quantitative estimate of drug-likeness (QED) is 0.540. The van der Waals surface area contributed by atoms with Gasteiger partial charge in [0.05, 0.1) is 29.1 Å². The number of para-hydroxylation sites is 1. The van der Waals surface area contributed by atoms with Gasteiger partial charge in [-0.25, -0.2) is 9.48 Å². The summed E-state index contributed by atoms with van der Waals surface area (Å²) in [4.78, 5) is 12.3. The van der Waals surface area contributed by atoms with Crippen LogP contribution in [0, 0.1) is 0 Å². The zero-order chi connectivity index (χ0) is 21.8. The van der Waals surface area contributed by atoms with Crippen molar-refractivity contribution in [3.63, 3.8) is 0 Å². The van der Waals surface area contributed by atoms with E-state index in [-0.39, 0.29) is 12.6 Å². The summed E-state index contributed by atoms with van der Waals surface area (Å²) in [7, 11) is 0. The molecular formula is C21H22ClN5O4. The van der Waals surface area contributed by atoms with Gasteiger partial charge in [-0.1, -0.05) is 35.0 Å². The van der Waals surface area contributed by atoms with Crippen molar-refractivity contribution in [3.05, 3.63) is 64.9 Å². The number of aliphatic hydroxyl groups excluding tert-OH is 1. The van der Waals surface area contributed by atoms with Crippen LogP contribution in [0.4, 0.5) is 4.79 Å². The summed E-state index contributed by atoms with van der Waals surface area (Å²) >= 11 is 6.21. The van der Waals surface area contributed by atoms with E-state index in [0.717, 1.165) is 5.69 Å². The lowest BCUT2D eigenvalue weighted by Crippen LogP contribution is -2.39. The number of nitrogens with zero attached hydrogens (tertiary/aromatic N) is 3. The van der Waals surface area contributed by atoms with Gasteiger partial charge < -0.3 is 25.2 Å². The Labute approximate surface area is 183 Å². The molecule has 0 saturated heterocycles. The molecule has 2 atom stereocenters. The first-order chi connectivity index (χ1) is 15.0. The van der Waals surface area contributed by atoms with E-state index < -0.39 is 12.1 Å². The minimum Gasteiger partial charge on any atom is -0.486 e. The normalized spacial score (nSPS) is 14.5. The molecule has 0 radical (unpaired) electrons. The fraction of sp³-hybridized carbons (Fsp3) is 0.286. The number of ether oxygens (including phenoxy) is 2. The Hall–Kier alpha value is -3.30. The first-order valence-electron chi connectivity index (χ1n) is 9.80. The van der Waals surface area contributed by atoms with Crippen molar-refractivity contribution in [3.8, 4) is 17.2 Å². The van der Waals surface area contributed by atoms with Gasteiger partial charge in [-0.2, -0.15) is 0 Å². The molecule has 2 aromatic carbocycles. The van der Waals surface area contributed by atoms with Crippen LogP contribution in [0.2, 0.25) is 5.02 Å². The average molecular weight is 444 g/mol. The molecule has 162 valence electrons. The number of rotatable bonds is 6. The summed E-state index contributed by atoms with van der Waals surface area (Å²) < 4.78 is 12.6. The predicted molar refractivity (Wildman–Crippen MR) is 114 cm³/mol. The Kier molecular flexibility index (Phi) is 6.24. The molecule has 0 spiro atoms. The summed E-state index contributed by atoms with van der Waals surface area (Å²) in [6.07, 6.45) is 0.792. The number of benzene rings is 2. The van der Waals surface area contributed by atoms with Crippen LogP contribution in [0.5, 0.6) is 11.5 Å². The van der Waals surface area contributed by atoms with E-state index in [0.29, 0.717) is 41.0 Å². The lowest BCUT2D eigenvalue weighted by molar-refractivity contribution is 0.163. The standard InChI is InChI=1S/C21H22ClN5O4/c1-13(17-12-27(26-25-17)15-5-3-2-4-6-15)24-21(29)23-11-18(28)14-9-16(22)20-19(10-14)30-7-8-31-20/h2-6,9-10,12-13,18,28H,7-8,11H2,1H3,(H2,23,24,29). The Morgan fingerprint density at radius 1 is 1.26 bits per heavy atom. The van der Waals surface area contributed by atoms with E-state index in [1.165, 1.54) is 0 Å². The van der Waals surface area contributed by atoms with Crippen molar-refractivity contribution in [2.75, 3.05) is 19.8 Å². The third-order valence-corrected chi connectivity index (χ3v) is 5.06. The monoisotopic (exact) mass is 443 g/mol. The van der Waals surface area contributed by atoms with Crippen molar-refractivity contribution in [2.24, 2.45) is 0 Å². The smallest absolute Gasteiger partial charge is 0.315 e. The molecule has 0 aliphatic carbocycles. The molecule has 0 bridgehead atoms. The van der Waals surface area contributed by atoms with E-state index in [4.69, 9.17) is 21.1 Å². The molecule has 3 N–H and O–H groups in total. The third kappa shape index (κ3) is 4.89. The largest absolute Gasteiger partial charge is 0.486 e. The van der Waals surface area contributed by atoms with Crippen LogP contribution in [0.3, 0.4) is 0 Å².